The van der Waals surface area contributed by atoms with Crippen molar-refractivity contribution in [3.63, 3.8) is 0 Å². The predicted molar refractivity (Wildman–Crippen MR) is 75.9 cm³/mol. The summed E-state index contributed by atoms with van der Waals surface area (Å²) in [5.41, 5.74) is 0.932. The molecule has 0 aromatic heterocycles. The number of rotatable bonds is 4. The first-order valence-electron chi connectivity index (χ1n) is 6.36. The van der Waals surface area contributed by atoms with Gasteiger partial charge >= 0.3 is 5.97 Å². The number of esters is 1. The fraction of sp³-hybridized carbons (Fsp3) is 0.467. The highest BCUT2D eigenvalue weighted by molar-refractivity contribution is 5.91. The van der Waals surface area contributed by atoms with Gasteiger partial charge in [-0.05, 0) is 45.4 Å². The minimum Gasteiger partial charge on any atom is -0.496 e. The standard InChI is InChI=1S/C15H21NO4/c1-10-6-7-11(8-12(10)19-5)14(18)20-9-13(17)16-15(2,3)4/h6-8H,9H2,1-5H3,(H,16,17). The molecule has 5 heteroatoms. The lowest BCUT2D eigenvalue weighted by Crippen LogP contribution is -2.42. The number of benzene rings is 1. The third-order valence-electron chi connectivity index (χ3n) is 2.49. The molecule has 0 fully saturated rings. The molecule has 0 atom stereocenters. The van der Waals surface area contributed by atoms with Crippen LogP contribution in [-0.2, 0) is 9.53 Å². The predicted octanol–water partition coefficient (Wildman–Crippen LogP) is 2.08. The lowest BCUT2D eigenvalue weighted by atomic mass is 10.1. The average Bonchev–Trinajstić information content (AvgIpc) is 2.34. The zero-order valence-electron chi connectivity index (χ0n) is 12.6. The average molecular weight is 279 g/mol. The second-order valence-electron chi connectivity index (χ2n) is 5.56. The smallest absolute Gasteiger partial charge is 0.338 e. The molecule has 0 aliphatic carbocycles. The Kier molecular flexibility index (Phi) is 5.13. The number of carbonyl (C=O) groups is 2. The number of amides is 1. The van der Waals surface area contributed by atoms with E-state index in [0.717, 1.165) is 5.56 Å². The van der Waals surface area contributed by atoms with Gasteiger partial charge in [0.05, 0.1) is 12.7 Å². The van der Waals surface area contributed by atoms with Crippen LogP contribution in [0.5, 0.6) is 5.75 Å². The molecule has 20 heavy (non-hydrogen) atoms. The molecule has 0 radical (unpaired) electrons. The van der Waals surface area contributed by atoms with E-state index in [0.29, 0.717) is 11.3 Å². The Morgan fingerprint density at radius 2 is 1.90 bits per heavy atom. The zero-order chi connectivity index (χ0) is 15.3. The molecule has 1 aromatic carbocycles. The Hall–Kier alpha value is -2.04. The summed E-state index contributed by atoms with van der Waals surface area (Å²) in [7, 11) is 1.54. The molecule has 0 unspecified atom stereocenters. The van der Waals surface area contributed by atoms with Crippen molar-refractivity contribution in [1.82, 2.24) is 5.32 Å². The summed E-state index contributed by atoms with van der Waals surface area (Å²) in [5.74, 6) is -0.268. The van der Waals surface area contributed by atoms with Gasteiger partial charge in [-0.25, -0.2) is 4.79 Å². The van der Waals surface area contributed by atoms with Gasteiger partial charge in [0.25, 0.3) is 5.91 Å². The molecule has 1 rings (SSSR count). The van der Waals surface area contributed by atoms with Gasteiger partial charge in [-0.3, -0.25) is 4.79 Å². The number of hydrogen-bond donors (Lipinski definition) is 1. The van der Waals surface area contributed by atoms with E-state index >= 15 is 0 Å². The summed E-state index contributed by atoms with van der Waals surface area (Å²) < 4.78 is 10.1. The third-order valence-corrected chi connectivity index (χ3v) is 2.49. The van der Waals surface area contributed by atoms with Crippen molar-refractivity contribution in [2.75, 3.05) is 13.7 Å². The van der Waals surface area contributed by atoms with Crippen LogP contribution in [0.25, 0.3) is 0 Å². The number of methoxy groups -OCH3 is 1. The van der Waals surface area contributed by atoms with Crippen LogP contribution >= 0.6 is 0 Å². The fourth-order valence-electron chi connectivity index (χ4n) is 1.62. The summed E-state index contributed by atoms with van der Waals surface area (Å²) in [6, 6.07) is 5.01. The molecular formula is C15H21NO4. The molecule has 0 aliphatic heterocycles. The maximum atomic E-state index is 11.8. The summed E-state index contributed by atoms with van der Waals surface area (Å²) in [5, 5.41) is 2.72. The highest BCUT2D eigenvalue weighted by Gasteiger charge is 2.16. The molecule has 0 aliphatic rings. The van der Waals surface area contributed by atoms with Gasteiger partial charge in [0.15, 0.2) is 6.61 Å². The first kappa shape index (κ1) is 16.0. The van der Waals surface area contributed by atoms with Gasteiger partial charge in [-0.2, -0.15) is 0 Å². The number of carbonyl (C=O) groups excluding carboxylic acids is 2. The summed E-state index contributed by atoms with van der Waals surface area (Å²) in [6.07, 6.45) is 0. The molecule has 0 saturated carbocycles. The van der Waals surface area contributed by atoms with E-state index in [1.165, 1.54) is 7.11 Å². The van der Waals surface area contributed by atoms with Gasteiger partial charge in [0.1, 0.15) is 5.75 Å². The summed E-state index contributed by atoms with van der Waals surface area (Å²) in [4.78, 5) is 23.4. The monoisotopic (exact) mass is 279 g/mol. The molecular weight excluding hydrogens is 258 g/mol. The van der Waals surface area contributed by atoms with Crippen molar-refractivity contribution in [2.45, 2.75) is 33.2 Å². The quantitative estimate of drug-likeness (QED) is 0.857. The number of aryl methyl sites for hydroxylation is 1. The maximum Gasteiger partial charge on any atom is 0.338 e. The molecule has 1 aromatic rings. The second-order valence-corrected chi connectivity index (χ2v) is 5.56. The number of nitrogens with one attached hydrogen (secondary N) is 1. The molecule has 1 N–H and O–H groups in total. The Balaban J connectivity index is 2.61. The molecule has 0 spiro atoms. The minimum absolute atomic E-state index is 0.299. The van der Waals surface area contributed by atoms with Crippen LogP contribution in [0.15, 0.2) is 18.2 Å². The summed E-state index contributed by atoms with van der Waals surface area (Å²) >= 11 is 0. The van der Waals surface area contributed by atoms with Gasteiger partial charge in [0.2, 0.25) is 0 Å². The van der Waals surface area contributed by atoms with Crippen LogP contribution in [0, 0.1) is 6.92 Å². The third kappa shape index (κ3) is 4.91. The molecule has 5 nitrogen and oxygen atoms in total. The van der Waals surface area contributed by atoms with Gasteiger partial charge < -0.3 is 14.8 Å². The van der Waals surface area contributed by atoms with E-state index in [9.17, 15) is 9.59 Å². The first-order valence-corrected chi connectivity index (χ1v) is 6.36. The zero-order valence-corrected chi connectivity index (χ0v) is 12.6. The van der Waals surface area contributed by atoms with E-state index in [4.69, 9.17) is 9.47 Å². The van der Waals surface area contributed by atoms with Crippen LogP contribution < -0.4 is 10.1 Å². The van der Waals surface area contributed by atoms with Crippen molar-refractivity contribution < 1.29 is 19.1 Å². The normalized spacial score (nSPS) is 10.8. The van der Waals surface area contributed by atoms with E-state index in [2.05, 4.69) is 5.32 Å². The molecule has 0 saturated heterocycles. The van der Waals surface area contributed by atoms with Crippen LogP contribution in [0.4, 0.5) is 0 Å². The van der Waals surface area contributed by atoms with Crippen molar-refractivity contribution in [2.24, 2.45) is 0 Å². The Bertz CT molecular complexity index is 503. The van der Waals surface area contributed by atoms with Crippen molar-refractivity contribution in [3.8, 4) is 5.75 Å². The van der Waals surface area contributed by atoms with E-state index in [1.54, 1.807) is 18.2 Å². The number of hydrogen-bond acceptors (Lipinski definition) is 4. The largest absolute Gasteiger partial charge is 0.496 e. The highest BCUT2D eigenvalue weighted by Crippen LogP contribution is 2.19. The minimum atomic E-state index is -0.549. The van der Waals surface area contributed by atoms with Crippen molar-refractivity contribution >= 4 is 11.9 Å². The van der Waals surface area contributed by atoms with Gasteiger partial charge in [-0.1, -0.05) is 6.07 Å². The Morgan fingerprint density at radius 3 is 2.45 bits per heavy atom. The number of ether oxygens (including phenoxy) is 2. The van der Waals surface area contributed by atoms with E-state index < -0.39 is 5.97 Å². The van der Waals surface area contributed by atoms with Crippen molar-refractivity contribution in [1.29, 1.82) is 0 Å². The topological polar surface area (TPSA) is 64.6 Å². The van der Waals surface area contributed by atoms with Crippen LogP contribution in [0.3, 0.4) is 0 Å². The van der Waals surface area contributed by atoms with Gasteiger partial charge in [0, 0.05) is 5.54 Å². The Labute approximate surface area is 119 Å². The second kappa shape index (κ2) is 6.41. The SMILES string of the molecule is COc1cc(C(=O)OCC(=O)NC(C)(C)C)ccc1C. The van der Waals surface area contributed by atoms with Crippen LogP contribution in [-0.4, -0.2) is 31.1 Å². The van der Waals surface area contributed by atoms with Crippen molar-refractivity contribution in [3.05, 3.63) is 29.3 Å². The molecule has 0 bridgehead atoms. The molecule has 110 valence electrons. The maximum absolute atomic E-state index is 11.8. The van der Waals surface area contributed by atoms with E-state index in [1.807, 2.05) is 27.7 Å². The lowest BCUT2D eigenvalue weighted by molar-refractivity contribution is -0.125. The van der Waals surface area contributed by atoms with E-state index in [-0.39, 0.29) is 18.1 Å². The Morgan fingerprint density at radius 1 is 1.25 bits per heavy atom. The molecule has 1 amide bonds. The van der Waals surface area contributed by atoms with Crippen LogP contribution in [0.1, 0.15) is 36.7 Å². The lowest BCUT2D eigenvalue weighted by Gasteiger charge is -2.20. The van der Waals surface area contributed by atoms with Gasteiger partial charge in [-0.15, -0.1) is 0 Å². The highest BCUT2D eigenvalue weighted by atomic mass is 16.5. The first-order chi connectivity index (χ1) is 9.23. The van der Waals surface area contributed by atoms with Crippen LogP contribution in [0.2, 0.25) is 0 Å². The fourth-order valence-corrected chi connectivity index (χ4v) is 1.62. The summed E-state index contributed by atoms with van der Waals surface area (Å²) in [6.45, 7) is 7.16. The molecule has 0 heterocycles.